The Morgan fingerprint density at radius 3 is 2.66 bits per heavy atom. The minimum Gasteiger partial charge on any atom is -0.375 e. The van der Waals surface area contributed by atoms with E-state index >= 15 is 0 Å². The van der Waals surface area contributed by atoms with Gasteiger partial charge in [-0.1, -0.05) is 53.5 Å². The van der Waals surface area contributed by atoms with Crippen LogP contribution in [0, 0.1) is 11.3 Å². The van der Waals surface area contributed by atoms with Crippen LogP contribution in [0.25, 0.3) is 10.8 Å². The first-order valence-corrected chi connectivity index (χ1v) is 12.5. The number of fused-ring (bicyclic) bond motifs is 3. The number of halogens is 2. The number of nitrogens with zero attached hydrogens (tertiary/aromatic N) is 3. The number of carbonyl (C=O) groups is 1. The SMILES string of the molecule is C[C@@H]1COCc2c(C#N)cc3ccccc3c2C(=O)N1C[C@@H](CCN(C)C)c1ccc(Cl)c(Cl)c1. The smallest absolute Gasteiger partial charge is 0.255 e. The van der Waals surface area contributed by atoms with Gasteiger partial charge in [0.25, 0.3) is 5.91 Å². The van der Waals surface area contributed by atoms with Crippen LogP contribution < -0.4 is 0 Å². The first kappa shape index (κ1) is 25.5. The zero-order valence-corrected chi connectivity index (χ0v) is 21.7. The van der Waals surface area contributed by atoms with Crippen molar-refractivity contribution in [2.24, 2.45) is 0 Å². The number of ether oxygens (including phenoxy) is 1. The van der Waals surface area contributed by atoms with Crippen LogP contribution in [-0.2, 0) is 11.3 Å². The summed E-state index contributed by atoms with van der Waals surface area (Å²) < 4.78 is 6.01. The normalized spacial score (nSPS) is 17.1. The Morgan fingerprint density at radius 1 is 1.17 bits per heavy atom. The maximum atomic E-state index is 14.2. The second-order valence-corrected chi connectivity index (χ2v) is 10.2. The molecular weight excluding hydrogens is 481 g/mol. The third-order valence-electron chi connectivity index (χ3n) is 6.65. The summed E-state index contributed by atoms with van der Waals surface area (Å²) in [5, 5.41) is 12.6. The molecule has 0 radical (unpaired) electrons. The Bertz CT molecular complexity index is 1290. The van der Waals surface area contributed by atoms with Crippen molar-refractivity contribution in [2.45, 2.75) is 31.9 Å². The summed E-state index contributed by atoms with van der Waals surface area (Å²) in [5.74, 6) is -0.0223. The summed E-state index contributed by atoms with van der Waals surface area (Å²) in [6.45, 7) is 4.00. The Hall–Kier alpha value is -2.62. The molecule has 35 heavy (non-hydrogen) atoms. The van der Waals surface area contributed by atoms with Crippen molar-refractivity contribution in [3.8, 4) is 6.07 Å². The summed E-state index contributed by atoms with van der Waals surface area (Å²) in [4.78, 5) is 18.2. The highest BCUT2D eigenvalue weighted by atomic mass is 35.5. The molecule has 5 nitrogen and oxygen atoms in total. The first-order valence-electron chi connectivity index (χ1n) is 11.7. The van der Waals surface area contributed by atoms with Crippen LogP contribution >= 0.6 is 23.2 Å². The summed E-state index contributed by atoms with van der Waals surface area (Å²) in [7, 11) is 4.07. The fourth-order valence-corrected chi connectivity index (χ4v) is 5.00. The third kappa shape index (κ3) is 5.47. The molecule has 3 aromatic rings. The molecule has 4 rings (SSSR count). The van der Waals surface area contributed by atoms with Gasteiger partial charge in [0, 0.05) is 18.0 Å². The van der Waals surface area contributed by atoms with E-state index in [9.17, 15) is 10.1 Å². The molecule has 1 aliphatic heterocycles. The van der Waals surface area contributed by atoms with Crippen molar-refractivity contribution in [1.29, 1.82) is 5.26 Å². The third-order valence-corrected chi connectivity index (χ3v) is 7.39. The Kier molecular flexibility index (Phi) is 7.98. The fourth-order valence-electron chi connectivity index (χ4n) is 4.69. The van der Waals surface area contributed by atoms with E-state index in [0.717, 1.165) is 29.3 Å². The highest BCUT2D eigenvalue weighted by Crippen LogP contribution is 2.33. The number of benzene rings is 3. The largest absolute Gasteiger partial charge is 0.375 e. The molecule has 182 valence electrons. The fraction of sp³-hybridized carbons (Fsp3) is 0.357. The molecule has 0 aromatic heterocycles. The van der Waals surface area contributed by atoms with Gasteiger partial charge in [-0.2, -0.15) is 5.26 Å². The molecule has 0 bridgehead atoms. The van der Waals surface area contributed by atoms with Gasteiger partial charge < -0.3 is 14.5 Å². The van der Waals surface area contributed by atoms with Crippen molar-refractivity contribution >= 4 is 39.9 Å². The Labute approximate surface area is 216 Å². The number of nitriles is 1. The minimum absolute atomic E-state index is 0.0480. The van der Waals surface area contributed by atoms with E-state index < -0.39 is 0 Å². The topological polar surface area (TPSA) is 56.6 Å². The summed E-state index contributed by atoms with van der Waals surface area (Å²) in [6, 6.07) is 17.4. The van der Waals surface area contributed by atoms with Gasteiger partial charge in [-0.05, 0) is 68.5 Å². The van der Waals surface area contributed by atoms with Gasteiger partial charge in [-0.3, -0.25) is 4.79 Å². The lowest BCUT2D eigenvalue weighted by atomic mass is 9.91. The molecule has 0 N–H and O–H groups in total. The molecule has 2 atom stereocenters. The molecule has 1 amide bonds. The van der Waals surface area contributed by atoms with Gasteiger partial charge in [-0.15, -0.1) is 0 Å². The monoisotopic (exact) mass is 509 g/mol. The maximum Gasteiger partial charge on any atom is 0.255 e. The van der Waals surface area contributed by atoms with Crippen LogP contribution in [0.2, 0.25) is 10.0 Å². The molecule has 3 aromatic carbocycles. The van der Waals surface area contributed by atoms with E-state index in [0.29, 0.717) is 39.9 Å². The van der Waals surface area contributed by atoms with Gasteiger partial charge in [0.05, 0.1) is 46.5 Å². The first-order chi connectivity index (χ1) is 16.8. The molecule has 0 spiro atoms. The van der Waals surface area contributed by atoms with Crippen molar-refractivity contribution in [2.75, 3.05) is 33.8 Å². The van der Waals surface area contributed by atoms with E-state index in [1.165, 1.54) is 0 Å². The lowest BCUT2D eigenvalue weighted by molar-refractivity contribution is 0.0345. The highest BCUT2D eigenvalue weighted by molar-refractivity contribution is 6.42. The average molecular weight is 510 g/mol. The van der Waals surface area contributed by atoms with Crippen LogP contribution in [0.15, 0.2) is 48.5 Å². The van der Waals surface area contributed by atoms with E-state index in [2.05, 4.69) is 11.0 Å². The lowest BCUT2D eigenvalue weighted by Crippen LogP contribution is -2.45. The number of rotatable bonds is 6. The maximum absolute atomic E-state index is 14.2. The summed E-state index contributed by atoms with van der Waals surface area (Å²) in [6.07, 6.45) is 0.841. The number of hydrogen-bond donors (Lipinski definition) is 0. The minimum atomic E-state index is -0.134. The zero-order valence-electron chi connectivity index (χ0n) is 20.2. The molecular formula is C28H29Cl2N3O2. The molecule has 0 unspecified atom stereocenters. The molecule has 1 aliphatic rings. The van der Waals surface area contributed by atoms with E-state index in [-0.39, 0.29) is 24.5 Å². The van der Waals surface area contributed by atoms with Crippen molar-refractivity contribution < 1.29 is 9.53 Å². The molecule has 1 heterocycles. The summed E-state index contributed by atoms with van der Waals surface area (Å²) in [5.41, 5.74) is 2.74. The lowest BCUT2D eigenvalue weighted by Gasteiger charge is -2.36. The van der Waals surface area contributed by atoms with E-state index in [4.69, 9.17) is 27.9 Å². The van der Waals surface area contributed by atoms with Crippen molar-refractivity contribution in [3.05, 3.63) is 80.8 Å². The number of amides is 1. The van der Waals surface area contributed by atoms with Gasteiger partial charge >= 0.3 is 0 Å². The number of carbonyl (C=O) groups excluding carboxylic acids is 1. The molecule has 0 fully saturated rings. The second kappa shape index (κ2) is 11.0. The van der Waals surface area contributed by atoms with Gasteiger partial charge in [0.2, 0.25) is 0 Å². The van der Waals surface area contributed by atoms with Crippen LogP contribution in [0.5, 0.6) is 0 Å². The van der Waals surface area contributed by atoms with Crippen LogP contribution in [0.4, 0.5) is 0 Å². The van der Waals surface area contributed by atoms with E-state index in [1.54, 1.807) is 0 Å². The zero-order chi connectivity index (χ0) is 25.1. The summed E-state index contributed by atoms with van der Waals surface area (Å²) >= 11 is 12.5. The van der Waals surface area contributed by atoms with Gasteiger partial charge in [0.15, 0.2) is 0 Å². The highest BCUT2D eigenvalue weighted by Gasteiger charge is 2.31. The van der Waals surface area contributed by atoms with Crippen LogP contribution in [0.1, 0.15) is 46.3 Å². The quantitative estimate of drug-likeness (QED) is 0.401. The molecule has 0 saturated carbocycles. The Morgan fingerprint density at radius 2 is 1.94 bits per heavy atom. The molecule has 0 saturated heterocycles. The van der Waals surface area contributed by atoms with Gasteiger partial charge in [0.1, 0.15) is 0 Å². The second-order valence-electron chi connectivity index (χ2n) is 9.39. The molecule has 0 aliphatic carbocycles. The van der Waals surface area contributed by atoms with Crippen LogP contribution in [-0.4, -0.2) is 55.5 Å². The predicted molar refractivity (Wildman–Crippen MR) is 141 cm³/mol. The van der Waals surface area contributed by atoms with E-state index in [1.807, 2.05) is 74.4 Å². The van der Waals surface area contributed by atoms with Crippen molar-refractivity contribution in [1.82, 2.24) is 9.80 Å². The Balaban J connectivity index is 1.79. The standard InChI is InChI=1S/C28H29Cl2N3O2/c1-18-16-35-17-24-22(14-31)12-20-6-4-5-7-23(20)27(24)28(34)33(18)15-21(10-11-32(2)3)19-8-9-25(29)26(30)13-19/h4-9,12-13,18,21H,10-11,15-17H2,1-3H3/t18-,21-/m1/s1. The molecule has 7 heteroatoms. The van der Waals surface area contributed by atoms with Crippen LogP contribution in [0.3, 0.4) is 0 Å². The van der Waals surface area contributed by atoms with Gasteiger partial charge in [-0.25, -0.2) is 0 Å². The number of hydrogen-bond acceptors (Lipinski definition) is 4. The average Bonchev–Trinajstić information content (AvgIpc) is 2.84. The predicted octanol–water partition coefficient (Wildman–Crippen LogP) is 6.11. The van der Waals surface area contributed by atoms with Crippen molar-refractivity contribution in [3.63, 3.8) is 0 Å².